The fraction of sp³-hybridized carbons (Fsp3) is 0.300. The maximum absolute atomic E-state index is 13.2. The molecule has 9 heteroatoms. The Kier molecular flexibility index (Phi) is 5.97. The van der Waals surface area contributed by atoms with Gasteiger partial charge in [-0.3, -0.25) is 14.5 Å². The smallest absolute Gasteiger partial charge is 0.247 e. The molecule has 1 fully saturated rings. The Morgan fingerprint density at radius 2 is 1.76 bits per heavy atom. The number of carbonyl (C=O) groups excluding carboxylic acids is 2. The molecule has 7 nitrogen and oxygen atoms in total. The van der Waals surface area contributed by atoms with Crippen LogP contribution in [0.25, 0.3) is 0 Å². The third-order valence-electron chi connectivity index (χ3n) is 4.88. The molecule has 1 aliphatic heterocycles. The topological polar surface area (TPSA) is 86.8 Å². The van der Waals surface area contributed by atoms with Gasteiger partial charge in [0.2, 0.25) is 21.8 Å². The third kappa shape index (κ3) is 4.60. The van der Waals surface area contributed by atoms with Crippen molar-refractivity contribution in [2.75, 3.05) is 24.2 Å². The number of hydrogen-bond donors (Lipinski definition) is 1. The summed E-state index contributed by atoms with van der Waals surface area (Å²) in [7, 11) is -3.66. The molecule has 2 aromatic rings. The second-order valence-corrected chi connectivity index (χ2v) is 9.60. The van der Waals surface area contributed by atoms with E-state index in [2.05, 4.69) is 5.32 Å². The SMILES string of the molecule is C[C@]1(C(=O)NCc2ccccc2)CN(S(C)(=O)=O)CC(=O)N1c1ccc(Cl)cc1. The first-order chi connectivity index (χ1) is 13.6. The first-order valence-corrected chi connectivity index (χ1v) is 11.2. The monoisotopic (exact) mass is 435 g/mol. The van der Waals surface area contributed by atoms with Crippen LogP contribution in [-0.4, -0.2) is 49.4 Å². The summed E-state index contributed by atoms with van der Waals surface area (Å²) in [6.45, 7) is 1.35. The summed E-state index contributed by atoms with van der Waals surface area (Å²) in [5, 5.41) is 3.32. The second kappa shape index (κ2) is 8.14. The first kappa shape index (κ1) is 21.3. The molecule has 1 aliphatic rings. The van der Waals surface area contributed by atoms with Crippen molar-refractivity contribution in [3.8, 4) is 0 Å². The molecule has 2 amide bonds. The maximum atomic E-state index is 13.2. The van der Waals surface area contributed by atoms with Gasteiger partial charge >= 0.3 is 0 Å². The van der Waals surface area contributed by atoms with Crippen LogP contribution >= 0.6 is 11.6 Å². The van der Waals surface area contributed by atoms with E-state index in [1.54, 1.807) is 31.2 Å². The molecule has 0 aliphatic carbocycles. The number of benzene rings is 2. The zero-order chi connectivity index (χ0) is 21.2. The molecule has 29 heavy (non-hydrogen) atoms. The minimum Gasteiger partial charge on any atom is -0.350 e. The highest BCUT2D eigenvalue weighted by molar-refractivity contribution is 7.88. The number of carbonyl (C=O) groups is 2. The molecule has 1 atom stereocenters. The van der Waals surface area contributed by atoms with E-state index >= 15 is 0 Å². The standard InChI is InChI=1S/C20H22ClN3O4S/c1-20(19(26)22-12-15-6-4-3-5-7-15)14-23(29(2,27)28)13-18(25)24(20)17-10-8-16(21)9-11-17/h3-11H,12-14H2,1-2H3,(H,22,26)/t20-/m1/s1. The molecular formula is C20H22ClN3O4S. The van der Waals surface area contributed by atoms with Gasteiger partial charge in [0.1, 0.15) is 5.54 Å². The lowest BCUT2D eigenvalue weighted by molar-refractivity contribution is -0.133. The Labute approximate surface area is 175 Å². The van der Waals surface area contributed by atoms with E-state index in [0.717, 1.165) is 16.1 Å². The van der Waals surface area contributed by atoms with E-state index in [-0.39, 0.29) is 19.6 Å². The van der Waals surface area contributed by atoms with Gasteiger partial charge in [0.15, 0.2) is 0 Å². The van der Waals surface area contributed by atoms with Crippen molar-refractivity contribution in [1.29, 1.82) is 0 Å². The fourth-order valence-corrected chi connectivity index (χ4v) is 4.32. The van der Waals surface area contributed by atoms with E-state index < -0.39 is 27.4 Å². The minimum atomic E-state index is -3.66. The molecule has 0 saturated carbocycles. The summed E-state index contributed by atoms with van der Waals surface area (Å²) >= 11 is 5.95. The predicted molar refractivity (Wildman–Crippen MR) is 112 cm³/mol. The van der Waals surface area contributed by atoms with Crippen molar-refractivity contribution >= 4 is 39.1 Å². The number of amides is 2. The molecule has 0 radical (unpaired) electrons. The number of piperazine rings is 1. The summed E-state index contributed by atoms with van der Waals surface area (Å²) in [5.41, 5.74) is -0.0596. The molecule has 3 rings (SSSR count). The van der Waals surface area contributed by atoms with Gasteiger partial charge in [0, 0.05) is 23.8 Å². The Balaban J connectivity index is 1.95. The molecule has 1 heterocycles. The Bertz CT molecular complexity index is 1010. The van der Waals surface area contributed by atoms with E-state index in [1.807, 2.05) is 30.3 Å². The van der Waals surface area contributed by atoms with Crippen LogP contribution in [0.1, 0.15) is 12.5 Å². The maximum Gasteiger partial charge on any atom is 0.247 e. The van der Waals surface area contributed by atoms with Gasteiger partial charge in [-0.15, -0.1) is 0 Å². The van der Waals surface area contributed by atoms with Crippen LogP contribution in [0.4, 0.5) is 5.69 Å². The summed E-state index contributed by atoms with van der Waals surface area (Å²) in [6.07, 6.45) is 1.03. The van der Waals surface area contributed by atoms with Crippen LogP contribution in [0.3, 0.4) is 0 Å². The number of rotatable bonds is 5. The van der Waals surface area contributed by atoms with Crippen molar-refractivity contribution in [2.45, 2.75) is 19.0 Å². The number of nitrogens with zero attached hydrogens (tertiary/aromatic N) is 2. The van der Waals surface area contributed by atoms with Crippen LogP contribution < -0.4 is 10.2 Å². The van der Waals surface area contributed by atoms with E-state index in [9.17, 15) is 18.0 Å². The number of halogens is 1. The molecule has 0 unspecified atom stereocenters. The van der Waals surface area contributed by atoms with Crippen molar-refractivity contribution < 1.29 is 18.0 Å². The average molecular weight is 436 g/mol. The van der Waals surface area contributed by atoms with Crippen LogP contribution in [-0.2, 0) is 26.2 Å². The van der Waals surface area contributed by atoms with Crippen molar-refractivity contribution in [3.63, 3.8) is 0 Å². The van der Waals surface area contributed by atoms with Crippen LogP contribution in [0, 0.1) is 0 Å². The lowest BCUT2D eigenvalue weighted by Gasteiger charge is -2.46. The molecular weight excluding hydrogens is 414 g/mol. The number of nitrogens with one attached hydrogen (secondary N) is 1. The largest absolute Gasteiger partial charge is 0.350 e. The second-order valence-electron chi connectivity index (χ2n) is 7.18. The van der Waals surface area contributed by atoms with Gasteiger partial charge in [-0.25, -0.2) is 8.42 Å². The first-order valence-electron chi connectivity index (χ1n) is 8.97. The van der Waals surface area contributed by atoms with Crippen LogP contribution in [0.15, 0.2) is 54.6 Å². The molecule has 1 saturated heterocycles. The van der Waals surface area contributed by atoms with Gasteiger partial charge in [0.05, 0.1) is 12.8 Å². The zero-order valence-corrected chi connectivity index (χ0v) is 17.7. The summed E-state index contributed by atoms with van der Waals surface area (Å²) < 4.78 is 25.3. The van der Waals surface area contributed by atoms with Gasteiger partial charge in [0.25, 0.3) is 0 Å². The van der Waals surface area contributed by atoms with E-state index in [0.29, 0.717) is 10.7 Å². The highest BCUT2D eigenvalue weighted by Crippen LogP contribution is 2.31. The highest BCUT2D eigenvalue weighted by atomic mass is 35.5. The number of anilines is 1. The van der Waals surface area contributed by atoms with Gasteiger partial charge < -0.3 is 5.32 Å². The van der Waals surface area contributed by atoms with Gasteiger partial charge in [-0.05, 0) is 36.8 Å². The quantitative estimate of drug-likeness (QED) is 0.778. The number of hydrogen-bond acceptors (Lipinski definition) is 4. The average Bonchev–Trinajstić information content (AvgIpc) is 2.67. The van der Waals surface area contributed by atoms with E-state index in [4.69, 9.17) is 11.6 Å². The Morgan fingerprint density at radius 3 is 2.34 bits per heavy atom. The molecule has 1 N–H and O–H groups in total. The van der Waals surface area contributed by atoms with Crippen molar-refractivity contribution in [1.82, 2.24) is 9.62 Å². The van der Waals surface area contributed by atoms with Crippen LogP contribution in [0.5, 0.6) is 0 Å². The van der Waals surface area contributed by atoms with Crippen LogP contribution in [0.2, 0.25) is 5.02 Å². The molecule has 0 bridgehead atoms. The lowest BCUT2D eigenvalue weighted by Crippen LogP contribution is -2.70. The Hall–Kier alpha value is -2.42. The summed E-state index contributed by atoms with van der Waals surface area (Å²) in [4.78, 5) is 27.5. The predicted octanol–water partition coefficient (Wildman–Crippen LogP) is 2.02. The molecule has 0 aromatic heterocycles. The summed E-state index contributed by atoms with van der Waals surface area (Å²) in [6, 6.07) is 15.8. The highest BCUT2D eigenvalue weighted by Gasteiger charge is 2.50. The number of sulfonamides is 1. The summed E-state index contributed by atoms with van der Waals surface area (Å²) in [5.74, 6) is -0.931. The van der Waals surface area contributed by atoms with Gasteiger partial charge in [-0.1, -0.05) is 41.9 Å². The molecule has 2 aromatic carbocycles. The third-order valence-corrected chi connectivity index (χ3v) is 6.33. The zero-order valence-electron chi connectivity index (χ0n) is 16.1. The normalized spacial score (nSPS) is 20.5. The fourth-order valence-electron chi connectivity index (χ4n) is 3.36. The van der Waals surface area contributed by atoms with Gasteiger partial charge in [-0.2, -0.15) is 4.31 Å². The lowest BCUT2D eigenvalue weighted by atomic mass is 9.94. The Morgan fingerprint density at radius 1 is 1.14 bits per heavy atom. The molecule has 154 valence electrons. The van der Waals surface area contributed by atoms with Crippen molar-refractivity contribution in [2.24, 2.45) is 0 Å². The van der Waals surface area contributed by atoms with Crippen molar-refractivity contribution in [3.05, 3.63) is 65.2 Å². The van der Waals surface area contributed by atoms with E-state index in [1.165, 1.54) is 4.90 Å². The minimum absolute atomic E-state index is 0.152. The molecule has 0 spiro atoms.